The average molecular weight is 313 g/mol. The first-order valence-corrected chi connectivity index (χ1v) is 7.08. The predicted molar refractivity (Wildman–Crippen MR) is 92.5 cm³/mol. The Balaban J connectivity index is 0.000000345. The van der Waals surface area contributed by atoms with Gasteiger partial charge in [-0.25, -0.2) is 4.79 Å². The molecule has 23 heavy (non-hydrogen) atoms. The van der Waals surface area contributed by atoms with E-state index in [-0.39, 0.29) is 12.1 Å². The minimum atomic E-state index is -0.337. The highest BCUT2D eigenvalue weighted by atomic mass is 16.6. The molecule has 1 aliphatic heterocycles. The van der Waals surface area contributed by atoms with Crippen LogP contribution in [0.2, 0.25) is 0 Å². The summed E-state index contributed by atoms with van der Waals surface area (Å²) in [6, 6.07) is 11.9. The molecule has 0 aromatic heterocycles. The molecule has 4 nitrogen and oxygen atoms in total. The van der Waals surface area contributed by atoms with Gasteiger partial charge >= 0.3 is 5.97 Å². The fourth-order valence-corrected chi connectivity index (χ4v) is 1.18. The van der Waals surface area contributed by atoms with Crippen molar-refractivity contribution < 1.29 is 14.3 Å². The lowest BCUT2D eigenvalue weighted by Crippen LogP contribution is -2.09. The molecule has 1 atom stereocenters. The van der Waals surface area contributed by atoms with Gasteiger partial charge in [-0.1, -0.05) is 55.6 Å². The van der Waals surface area contributed by atoms with Crippen LogP contribution < -0.4 is 0 Å². The van der Waals surface area contributed by atoms with E-state index in [1.807, 2.05) is 25.1 Å². The molecule has 0 N–H and O–H groups in total. The first kappa shape index (κ1) is 20.4. The van der Waals surface area contributed by atoms with E-state index in [0.717, 1.165) is 5.57 Å². The van der Waals surface area contributed by atoms with Crippen molar-refractivity contribution in [1.82, 2.24) is 0 Å². The molecule has 1 unspecified atom stereocenters. The number of ether oxygens (including phenoxy) is 2. The Kier molecular flexibility index (Phi) is 10.6. The molecule has 4 heteroatoms. The van der Waals surface area contributed by atoms with Crippen LogP contribution >= 0.6 is 0 Å². The number of hydrogen-bond acceptors (Lipinski definition) is 4. The quantitative estimate of drug-likeness (QED) is 0.366. The molecule has 1 aromatic rings. The van der Waals surface area contributed by atoms with E-state index >= 15 is 0 Å². The highest BCUT2D eigenvalue weighted by molar-refractivity contribution is 5.86. The van der Waals surface area contributed by atoms with Gasteiger partial charge in [-0.3, -0.25) is 0 Å². The summed E-state index contributed by atoms with van der Waals surface area (Å²) >= 11 is 0. The fourth-order valence-electron chi connectivity index (χ4n) is 1.18. The van der Waals surface area contributed by atoms with Gasteiger partial charge in [-0.2, -0.15) is 5.26 Å². The minimum absolute atomic E-state index is 0.142. The van der Waals surface area contributed by atoms with Crippen molar-refractivity contribution in [3.8, 4) is 6.07 Å². The Morgan fingerprint density at radius 1 is 1.39 bits per heavy atom. The summed E-state index contributed by atoms with van der Waals surface area (Å²) < 4.78 is 9.60. The number of carbonyl (C=O) groups is 1. The summed E-state index contributed by atoms with van der Waals surface area (Å²) in [7, 11) is 0. The first-order chi connectivity index (χ1) is 10.9. The number of rotatable bonds is 4. The lowest BCUT2D eigenvalue weighted by molar-refractivity contribution is -0.139. The monoisotopic (exact) mass is 313 g/mol. The number of esters is 1. The number of nitriles is 1. The average Bonchev–Trinajstić information content (AvgIpc) is 3.38. The number of carbonyl (C=O) groups excluding carboxylic acids is 1. The van der Waals surface area contributed by atoms with E-state index in [2.05, 4.69) is 31.9 Å². The van der Waals surface area contributed by atoms with Crippen molar-refractivity contribution in [1.29, 1.82) is 5.26 Å². The van der Waals surface area contributed by atoms with Gasteiger partial charge in [-0.15, -0.1) is 0 Å². The molecular formula is C19H23NO3. The maximum atomic E-state index is 10.7. The molecule has 1 saturated heterocycles. The van der Waals surface area contributed by atoms with Gasteiger partial charge in [0, 0.05) is 11.6 Å². The van der Waals surface area contributed by atoms with Crippen molar-refractivity contribution in [2.75, 3.05) is 13.2 Å². The van der Waals surface area contributed by atoms with Gasteiger partial charge < -0.3 is 9.47 Å². The summed E-state index contributed by atoms with van der Waals surface area (Å²) in [5.41, 5.74) is 2.77. The summed E-state index contributed by atoms with van der Waals surface area (Å²) in [6.07, 6.45) is 1.32. The zero-order chi connectivity index (χ0) is 17.7. The lowest BCUT2D eigenvalue weighted by Gasteiger charge is -1.99. The van der Waals surface area contributed by atoms with E-state index in [0.29, 0.717) is 18.8 Å². The molecule has 0 bridgehead atoms. The highest BCUT2D eigenvalue weighted by Gasteiger charge is 2.24. The molecule has 1 fully saturated rings. The predicted octanol–water partition coefficient (Wildman–Crippen LogP) is 3.92. The second-order valence-corrected chi connectivity index (χ2v) is 4.81. The molecule has 0 aliphatic carbocycles. The van der Waals surface area contributed by atoms with Crippen molar-refractivity contribution in [2.24, 2.45) is 0 Å². The second-order valence-electron chi connectivity index (χ2n) is 4.81. The second kappa shape index (κ2) is 12.0. The summed E-state index contributed by atoms with van der Waals surface area (Å²) in [6.45, 7) is 15.1. The van der Waals surface area contributed by atoms with Crippen LogP contribution in [0.1, 0.15) is 19.4 Å². The fraction of sp³-hybridized carbons (Fsp3) is 0.263. The number of benzene rings is 1. The van der Waals surface area contributed by atoms with Crippen molar-refractivity contribution in [3.63, 3.8) is 0 Å². The molecule has 0 radical (unpaired) electrons. The Bertz CT molecular complexity index is 566. The Hall–Kier alpha value is -2.64. The van der Waals surface area contributed by atoms with Crippen molar-refractivity contribution >= 4 is 11.5 Å². The normalized spacial score (nSPS) is 13.7. The summed E-state index contributed by atoms with van der Waals surface area (Å²) in [5, 5.41) is 7.51. The largest absolute Gasteiger partial charge is 0.459 e. The Morgan fingerprint density at radius 2 is 1.91 bits per heavy atom. The van der Waals surface area contributed by atoms with Gasteiger partial charge in [0.25, 0.3) is 0 Å². The van der Waals surface area contributed by atoms with Gasteiger partial charge in [0.2, 0.25) is 0 Å². The topological polar surface area (TPSA) is 62.6 Å². The standard InChI is InChI=1S/C9H10.C7H10O3.C3H3N/c1-8(2)9-6-4-3-5-7-9;1-5(2)7(8)10-4-6-3-9-6;1-2-3-4/h3-7H,1H2,2H3;6H,1,3-4H2,2H3;2H,1H2. The zero-order valence-corrected chi connectivity index (χ0v) is 13.7. The van der Waals surface area contributed by atoms with Gasteiger partial charge in [0.1, 0.15) is 12.7 Å². The van der Waals surface area contributed by atoms with Crippen LogP contribution in [0.5, 0.6) is 0 Å². The third-order valence-corrected chi connectivity index (χ3v) is 2.51. The van der Waals surface area contributed by atoms with Crippen LogP contribution in [0.15, 0.2) is 61.7 Å². The van der Waals surface area contributed by atoms with Gasteiger partial charge in [0.05, 0.1) is 12.7 Å². The van der Waals surface area contributed by atoms with Crippen LogP contribution in [0.25, 0.3) is 5.57 Å². The minimum Gasteiger partial charge on any atom is -0.459 e. The SMILES string of the molecule is C=C(C)C(=O)OCC1CO1.C=C(C)c1ccccc1.C=CC#N. The van der Waals surface area contributed by atoms with Crippen LogP contribution in [-0.2, 0) is 14.3 Å². The van der Waals surface area contributed by atoms with E-state index in [1.54, 1.807) is 13.0 Å². The van der Waals surface area contributed by atoms with E-state index in [1.165, 1.54) is 11.6 Å². The molecule has 1 heterocycles. The lowest BCUT2D eigenvalue weighted by atomic mass is 10.1. The van der Waals surface area contributed by atoms with Crippen LogP contribution in [-0.4, -0.2) is 25.3 Å². The van der Waals surface area contributed by atoms with Crippen LogP contribution in [0.4, 0.5) is 0 Å². The maximum absolute atomic E-state index is 10.7. The van der Waals surface area contributed by atoms with Gasteiger partial charge in [0.15, 0.2) is 0 Å². The number of allylic oxidation sites excluding steroid dienone is 2. The van der Waals surface area contributed by atoms with Crippen LogP contribution in [0, 0.1) is 11.3 Å². The van der Waals surface area contributed by atoms with Gasteiger partial charge in [-0.05, 0) is 19.4 Å². The first-order valence-electron chi connectivity index (χ1n) is 7.08. The van der Waals surface area contributed by atoms with E-state index < -0.39 is 0 Å². The molecule has 0 amide bonds. The van der Waals surface area contributed by atoms with Crippen molar-refractivity contribution in [3.05, 3.63) is 67.3 Å². The zero-order valence-electron chi connectivity index (χ0n) is 13.7. The summed E-state index contributed by atoms with van der Waals surface area (Å²) in [5.74, 6) is -0.337. The molecule has 2 rings (SSSR count). The Labute approximate surface area is 138 Å². The van der Waals surface area contributed by atoms with E-state index in [4.69, 9.17) is 14.7 Å². The number of epoxide rings is 1. The van der Waals surface area contributed by atoms with E-state index in [9.17, 15) is 4.79 Å². The third kappa shape index (κ3) is 11.7. The molecule has 1 aliphatic rings. The smallest absolute Gasteiger partial charge is 0.333 e. The Morgan fingerprint density at radius 3 is 2.22 bits per heavy atom. The number of nitrogens with zero attached hydrogens (tertiary/aromatic N) is 1. The molecule has 122 valence electrons. The molecule has 0 saturated carbocycles. The molecule has 0 spiro atoms. The van der Waals surface area contributed by atoms with Crippen LogP contribution in [0.3, 0.4) is 0 Å². The summed E-state index contributed by atoms with van der Waals surface area (Å²) in [4.78, 5) is 10.7. The van der Waals surface area contributed by atoms with Crippen molar-refractivity contribution in [2.45, 2.75) is 20.0 Å². The number of hydrogen-bond donors (Lipinski definition) is 0. The maximum Gasteiger partial charge on any atom is 0.333 e. The molecule has 1 aromatic carbocycles. The highest BCUT2D eigenvalue weighted by Crippen LogP contribution is 2.09. The third-order valence-electron chi connectivity index (χ3n) is 2.51. The molecular weight excluding hydrogens is 290 g/mol.